The fourth-order valence-corrected chi connectivity index (χ4v) is 2.88. The summed E-state index contributed by atoms with van der Waals surface area (Å²) in [5, 5.41) is 0. The summed E-state index contributed by atoms with van der Waals surface area (Å²) in [4.78, 5) is -0.649. The molecule has 0 fully saturated rings. The van der Waals surface area contributed by atoms with Crippen molar-refractivity contribution in [2.75, 3.05) is 0 Å². The summed E-state index contributed by atoms with van der Waals surface area (Å²) in [6.07, 6.45) is 0. The van der Waals surface area contributed by atoms with E-state index < -0.39 is 4.87 Å². The predicted octanol–water partition coefficient (Wildman–Crippen LogP) is 5.06. The summed E-state index contributed by atoms with van der Waals surface area (Å²) in [7, 11) is 0. The summed E-state index contributed by atoms with van der Waals surface area (Å²) in [5.74, 6) is 0. The molecule has 0 aliphatic heterocycles. The van der Waals surface area contributed by atoms with Crippen LogP contribution >= 0.6 is 11.6 Å². The maximum absolute atomic E-state index is 7.12. The second-order valence-corrected chi connectivity index (χ2v) is 5.32. The largest absolute Gasteiger partial charge is 2.00 e. The summed E-state index contributed by atoms with van der Waals surface area (Å²) in [6.45, 7) is 0. The number of benzene rings is 3. The SMILES string of the molecule is ClC(c1ccccc1)(c1ccccc1)c1ccccc1.[Ca+2].[H-].[H-]. The summed E-state index contributed by atoms with van der Waals surface area (Å²) in [6, 6.07) is 30.6. The number of alkyl halides is 1. The van der Waals surface area contributed by atoms with Crippen LogP contribution in [0.15, 0.2) is 91.0 Å². The van der Waals surface area contributed by atoms with Crippen molar-refractivity contribution in [2.24, 2.45) is 0 Å². The van der Waals surface area contributed by atoms with Crippen LogP contribution in [0.25, 0.3) is 0 Å². The van der Waals surface area contributed by atoms with Gasteiger partial charge in [-0.3, -0.25) is 0 Å². The molecular formula is C19H17CaCl. The van der Waals surface area contributed by atoms with Crippen LogP contribution in [0.2, 0.25) is 0 Å². The molecule has 102 valence electrons. The van der Waals surface area contributed by atoms with Crippen molar-refractivity contribution >= 4 is 49.3 Å². The molecule has 0 radical (unpaired) electrons. The van der Waals surface area contributed by atoms with E-state index in [0.717, 1.165) is 16.7 Å². The Morgan fingerprint density at radius 3 is 1.00 bits per heavy atom. The van der Waals surface area contributed by atoms with Crippen LogP contribution in [0, 0.1) is 0 Å². The molecule has 0 saturated heterocycles. The molecule has 21 heavy (non-hydrogen) atoms. The molecule has 0 nitrogen and oxygen atoms in total. The number of hydrogen-bond donors (Lipinski definition) is 0. The zero-order valence-electron chi connectivity index (χ0n) is 13.7. The first-order chi connectivity index (χ1) is 9.82. The first-order valence-corrected chi connectivity index (χ1v) is 7.05. The van der Waals surface area contributed by atoms with Crippen LogP contribution in [0.1, 0.15) is 19.5 Å². The van der Waals surface area contributed by atoms with Crippen molar-refractivity contribution in [3.8, 4) is 0 Å². The van der Waals surface area contributed by atoms with E-state index in [0.29, 0.717) is 0 Å². The van der Waals surface area contributed by atoms with E-state index in [2.05, 4.69) is 36.4 Å². The predicted molar refractivity (Wildman–Crippen MR) is 93.0 cm³/mol. The first kappa shape index (κ1) is 16.6. The quantitative estimate of drug-likeness (QED) is 0.359. The minimum absolute atomic E-state index is 0. The summed E-state index contributed by atoms with van der Waals surface area (Å²) >= 11 is 7.12. The standard InChI is InChI=1S/C19H15Cl.Ca.2H/c20-19(16-10-4-1-5-11-16,17-12-6-2-7-13-17)18-14-8-3-9-15-18;;;/h1-15H;;;/q;+2;2*-1. The van der Waals surface area contributed by atoms with Gasteiger partial charge in [-0.2, -0.15) is 0 Å². The third-order valence-corrected chi connectivity index (χ3v) is 4.17. The molecule has 3 rings (SSSR count). The van der Waals surface area contributed by atoms with Crippen molar-refractivity contribution < 1.29 is 2.85 Å². The Kier molecular flexibility index (Phi) is 5.89. The average molecular weight is 321 g/mol. The van der Waals surface area contributed by atoms with E-state index in [1.165, 1.54) is 0 Å². The van der Waals surface area contributed by atoms with Gasteiger partial charge in [-0.25, -0.2) is 0 Å². The minimum atomic E-state index is -0.649. The van der Waals surface area contributed by atoms with E-state index in [1.54, 1.807) is 0 Å². The Labute approximate surface area is 163 Å². The molecule has 0 unspecified atom stereocenters. The van der Waals surface area contributed by atoms with Crippen LogP contribution in [-0.2, 0) is 4.87 Å². The normalized spacial score (nSPS) is 10.7. The Morgan fingerprint density at radius 2 is 0.762 bits per heavy atom. The van der Waals surface area contributed by atoms with Crippen LogP contribution in [0.5, 0.6) is 0 Å². The van der Waals surface area contributed by atoms with E-state index in [4.69, 9.17) is 11.6 Å². The Bertz CT molecular complexity index is 579. The van der Waals surface area contributed by atoms with Crippen LogP contribution in [0.3, 0.4) is 0 Å². The zero-order chi connectivity index (χ0) is 13.8. The molecule has 0 amide bonds. The van der Waals surface area contributed by atoms with Crippen LogP contribution < -0.4 is 0 Å². The molecule has 3 aromatic carbocycles. The topological polar surface area (TPSA) is 0 Å². The molecule has 2 heteroatoms. The van der Waals surface area contributed by atoms with Gasteiger partial charge in [0, 0.05) is 0 Å². The van der Waals surface area contributed by atoms with E-state index in [-0.39, 0.29) is 40.6 Å². The second kappa shape index (κ2) is 7.47. The Morgan fingerprint density at radius 1 is 0.524 bits per heavy atom. The van der Waals surface area contributed by atoms with Gasteiger partial charge < -0.3 is 2.85 Å². The molecule has 0 atom stereocenters. The Balaban J connectivity index is 0.00000161. The minimum Gasteiger partial charge on any atom is -1.00 e. The molecule has 0 N–H and O–H groups in total. The molecule has 0 aliphatic carbocycles. The van der Waals surface area contributed by atoms with Crippen LogP contribution in [0.4, 0.5) is 0 Å². The smallest absolute Gasteiger partial charge is 1.00 e. The van der Waals surface area contributed by atoms with Crippen molar-refractivity contribution in [2.45, 2.75) is 4.87 Å². The molecule has 0 aliphatic rings. The summed E-state index contributed by atoms with van der Waals surface area (Å²) < 4.78 is 0. The summed E-state index contributed by atoms with van der Waals surface area (Å²) in [5.41, 5.74) is 3.25. The van der Waals surface area contributed by atoms with E-state index in [1.807, 2.05) is 54.6 Å². The number of rotatable bonds is 3. The molecular weight excluding hydrogens is 304 g/mol. The fraction of sp³-hybridized carbons (Fsp3) is 0.0526. The monoisotopic (exact) mass is 320 g/mol. The first-order valence-electron chi connectivity index (χ1n) is 6.67. The van der Waals surface area contributed by atoms with Gasteiger partial charge >= 0.3 is 37.7 Å². The van der Waals surface area contributed by atoms with Gasteiger partial charge in [-0.15, -0.1) is 11.6 Å². The van der Waals surface area contributed by atoms with E-state index in [9.17, 15) is 0 Å². The van der Waals surface area contributed by atoms with E-state index >= 15 is 0 Å². The van der Waals surface area contributed by atoms with Gasteiger partial charge in [-0.05, 0) is 16.7 Å². The maximum atomic E-state index is 7.12. The van der Waals surface area contributed by atoms with Crippen molar-refractivity contribution in [3.05, 3.63) is 108 Å². The molecule has 0 spiro atoms. The fourth-order valence-electron chi connectivity index (χ4n) is 2.50. The van der Waals surface area contributed by atoms with Crippen molar-refractivity contribution in [1.29, 1.82) is 0 Å². The number of hydrogen-bond acceptors (Lipinski definition) is 0. The molecule has 0 aromatic heterocycles. The van der Waals surface area contributed by atoms with Gasteiger partial charge in [-0.1, -0.05) is 91.0 Å². The average Bonchev–Trinajstić information content (AvgIpc) is 2.56. The van der Waals surface area contributed by atoms with Gasteiger partial charge in [0.05, 0.1) is 0 Å². The number of halogens is 1. The molecule has 0 saturated carbocycles. The van der Waals surface area contributed by atoms with Gasteiger partial charge in [0.25, 0.3) is 0 Å². The van der Waals surface area contributed by atoms with Crippen LogP contribution in [-0.4, -0.2) is 37.7 Å². The molecule has 3 aromatic rings. The van der Waals surface area contributed by atoms with Gasteiger partial charge in [0.1, 0.15) is 4.87 Å². The maximum Gasteiger partial charge on any atom is 2.00 e. The van der Waals surface area contributed by atoms with Gasteiger partial charge in [0.2, 0.25) is 0 Å². The third-order valence-electron chi connectivity index (χ3n) is 3.51. The second-order valence-electron chi connectivity index (χ2n) is 4.76. The molecule has 0 bridgehead atoms. The van der Waals surface area contributed by atoms with Crippen molar-refractivity contribution in [1.82, 2.24) is 0 Å². The third kappa shape index (κ3) is 3.35. The zero-order valence-corrected chi connectivity index (χ0v) is 14.7. The Hall–Kier alpha value is -0.790. The van der Waals surface area contributed by atoms with Gasteiger partial charge in [0.15, 0.2) is 0 Å². The van der Waals surface area contributed by atoms with Crippen molar-refractivity contribution in [3.63, 3.8) is 0 Å². The molecule has 0 heterocycles.